The molecule has 0 atom stereocenters. The summed E-state index contributed by atoms with van der Waals surface area (Å²) >= 11 is 0. The molecule has 0 spiro atoms. The van der Waals surface area contributed by atoms with Crippen LogP contribution >= 0.6 is 0 Å². The highest BCUT2D eigenvalue weighted by atomic mass is 16.7. The maximum atomic E-state index is 7.58. The standard InChI is InChI=1S/C12H20BNO2/c1-11(2)12(3,4)16-13(15-11)9-5-7-10(14)8-6-9/h5,14H,6-8H2,1-4H3. The van der Waals surface area contributed by atoms with E-state index in [2.05, 4.69) is 33.8 Å². The first-order chi connectivity index (χ1) is 7.32. The van der Waals surface area contributed by atoms with Crippen molar-refractivity contribution in [2.75, 3.05) is 0 Å². The van der Waals surface area contributed by atoms with Gasteiger partial charge in [-0.3, -0.25) is 0 Å². The third kappa shape index (κ3) is 1.96. The highest BCUT2D eigenvalue weighted by molar-refractivity contribution is 6.54. The number of nitrogens with one attached hydrogen (secondary N) is 1. The van der Waals surface area contributed by atoms with Gasteiger partial charge in [-0.15, -0.1) is 0 Å². The van der Waals surface area contributed by atoms with Crippen LogP contribution in [0.4, 0.5) is 0 Å². The van der Waals surface area contributed by atoms with E-state index < -0.39 is 0 Å². The molecule has 0 amide bonds. The third-order valence-electron chi connectivity index (χ3n) is 3.88. The summed E-state index contributed by atoms with van der Waals surface area (Å²) in [5.74, 6) is 0. The van der Waals surface area contributed by atoms with E-state index in [9.17, 15) is 0 Å². The molecule has 2 rings (SSSR count). The van der Waals surface area contributed by atoms with Crippen LogP contribution in [0.5, 0.6) is 0 Å². The SMILES string of the molecule is CC1(C)OB(C2=CCC(=N)CC2)OC1(C)C. The third-order valence-corrected chi connectivity index (χ3v) is 3.88. The zero-order valence-electron chi connectivity index (χ0n) is 10.6. The lowest BCUT2D eigenvalue weighted by atomic mass is 9.72. The average molecular weight is 221 g/mol. The molecule has 0 bridgehead atoms. The van der Waals surface area contributed by atoms with Crippen LogP contribution in [0.3, 0.4) is 0 Å². The molecule has 1 N–H and O–H groups in total. The van der Waals surface area contributed by atoms with Crippen LogP contribution in [0.25, 0.3) is 0 Å². The molecule has 2 aliphatic rings. The van der Waals surface area contributed by atoms with Crippen molar-refractivity contribution in [2.24, 2.45) is 0 Å². The van der Waals surface area contributed by atoms with Gasteiger partial charge in [-0.2, -0.15) is 0 Å². The summed E-state index contributed by atoms with van der Waals surface area (Å²) < 4.78 is 12.0. The first-order valence-electron chi connectivity index (χ1n) is 5.93. The van der Waals surface area contributed by atoms with Gasteiger partial charge in [-0.1, -0.05) is 6.08 Å². The van der Waals surface area contributed by atoms with Crippen LogP contribution in [0.1, 0.15) is 47.0 Å². The lowest BCUT2D eigenvalue weighted by molar-refractivity contribution is 0.00578. The van der Waals surface area contributed by atoms with E-state index in [-0.39, 0.29) is 18.3 Å². The van der Waals surface area contributed by atoms with E-state index in [0.29, 0.717) is 0 Å². The predicted octanol–water partition coefficient (Wildman–Crippen LogP) is 2.75. The van der Waals surface area contributed by atoms with Gasteiger partial charge < -0.3 is 14.7 Å². The monoisotopic (exact) mass is 221 g/mol. The smallest absolute Gasteiger partial charge is 0.400 e. The summed E-state index contributed by atoms with van der Waals surface area (Å²) in [5.41, 5.74) is 1.49. The van der Waals surface area contributed by atoms with Crippen LogP contribution in [-0.2, 0) is 9.31 Å². The minimum atomic E-state index is -0.260. The first kappa shape index (κ1) is 11.9. The normalized spacial score (nSPS) is 28.1. The summed E-state index contributed by atoms with van der Waals surface area (Å²) in [6.07, 6.45) is 4.58. The van der Waals surface area contributed by atoms with Gasteiger partial charge in [0.1, 0.15) is 0 Å². The Hall–Kier alpha value is -0.605. The molecule has 16 heavy (non-hydrogen) atoms. The van der Waals surface area contributed by atoms with Gasteiger partial charge in [0.05, 0.1) is 11.2 Å². The minimum absolute atomic E-state index is 0.210. The molecule has 3 nitrogen and oxygen atoms in total. The van der Waals surface area contributed by atoms with E-state index in [4.69, 9.17) is 14.7 Å². The number of hydrogen-bond acceptors (Lipinski definition) is 3. The van der Waals surface area contributed by atoms with E-state index >= 15 is 0 Å². The second-order valence-corrected chi connectivity index (χ2v) is 5.67. The maximum Gasteiger partial charge on any atom is 0.490 e. The van der Waals surface area contributed by atoms with Crippen molar-refractivity contribution < 1.29 is 9.31 Å². The summed E-state index contributed by atoms with van der Waals surface area (Å²) in [7, 11) is -0.210. The van der Waals surface area contributed by atoms with E-state index in [1.165, 1.54) is 5.47 Å². The summed E-state index contributed by atoms with van der Waals surface area (Å²) in [6, 6.07) is 0. The van der Waals surface area contributed by atoms with Gasteiger partial charge in [-0.05, 0) is 46.0 Å². The van der Waals surface area contributed by atoms with Crippen molar-refractivity contribution >= 4 is 12.8 Å². The molecular weight excluding hydrogens is 201 g/mol. The molecule has 4 heteroatoms. The predicted molar refractivity (Wildman–Crippen MR) is 65.7 cm³/mol. The van der Waals surface area contributed by atoms with Gasteiger partial charge in [0.15, 0.2) is 0 Å². The first-order valence-corrected chi connectivity index (χ1v) is 5.93. The van der Waals surface area contributed by atoms with Gasteiger partial charge in [-0.25, -0.2) is 0 Å². The molecule has 0 aromatic rings. The zero-order chi connectivity index (χ0) is 12.0. The lowest BCUT2D eigenvalue weighted by Gasteiger charge is -2.32. The fourth-order valence-electron chi connectivity index (χ4n) is 1.96. The van der Waals surface area contributed by atoms with Crippen molar-refractivity contribution in [2.45, 2.75) is 58.2 Å². The molecule has 0 aromatic heterocycles. The van der Waals surface area contributed by atoms with Crippen molar-refractivity contribution in [3.63, 3.8) is 0 Å². The van der Waals surface area contributed by atoms with E-state index in [1.807, 2.05) is 0 Å². The molecule has 1 heterocycles. The van der Waals surface area contributed by atoms with Gasteiger partial charge in [0.2, 0.25) is 0 Å². The Morgan fingerprint density at radius 3 is 2.12 bits per heavy atom. The van der Waals surface area contributed by atoms with Gasteiger partial charge in [0, 0.05) is 12.1 Å². The van der Waals surface area contributed by atoms with Crippen molar-refractivity contribution in [3.8, 4) is 0 Å². The Morgan fingerprint density at radius 2 is 1.69 bits per heavy atom. The molecule has 1 aliphatic heterocycles. The molecule has 0 aromatic carbocycles. The fraction of sp³-hybridized carbons (Fsp3) is 0.750. The Morgan fingerprint density at radius 1 is 1.12 bits per heavy atom. The van der Waals surface area contributed by atoms with Gasteiger partial charge in [0.25, 0.3) is 0 Å². The zero-order valence-corrected chi connectivity index (χ0v) is 10.6. The Kier molecular flexibility index (Phi) is 2.75. The van der Waals surface area contributed by atoms with Gasteiger partial charge >= 0.3 is 7.12 Å². The van der Waals surface area contributed by atoms with Crippen molar-refractivity contribution in [3.05, 3.63) is 11.5 Å². The summed E-state index contributed by atoms with van der Waals surface area (Å²) in [6.45, 7) is 8.27. The molecule has 1 saturated heterocycles. The quantitative estimate of drug-likeness (QED) is 0.691. The van der Waals surface area contributed by atoms with Crippen molar-refractivity contribution in [1.82, 2.24) is 0 Å². The van der Waals surface area contributed by atoms with Crippen LogP contribution in [0, 0.1) is 5.41 Å². The Labute approximate surface area is 97.9 Å². The topological polar surface area (TPSA) is 42.3 Å². The number of allylic oxidation sites excluding steroid dienone is 2. The highest BCUT2D eigenvalue weighted by Crippen LogP contribution is 2.39. The molecule has 1 fully saturated rings. The van der Waals surface area contributed by atoms with Crippen LogP contribution in [0.15, 0.2) is 11.5 Å². The second-order valence-electron chi connectivity index (χ2n) is 5.67. The van der Waals surface area contributed by atoms with Crippen LogP contribution in [-0.4, -0.2) is 24.0 Å². The molecule has 0 saturated carbocycles. The lowest BCUT2D eigenvalue weighted by Crippen LogP contribution is -2.41. The van der Waals surface area contributed by atoms with Crippen LogP contribution in [0.2, 0.25) is 0 Å². The highest BCUT2D eigenvalue weighted by Gasteiger charge is 2.52. The number of hydrogen-bond donors (Lipinski definition) is 1. The van der Waals surface area contributed by atoms with E-state index in [1.54, 1.807) is 0 Å². The largest absolute Gasteiger partial charge is 0.490 e. The Bertz CT molecular complexity index is 331. The molecule has 0 radical (unpaired) electrons. The fourth-order valence-corrected chi connectivity index (χ4v) is 1.96. The Balaban J connectivity index is 2.12. The molecular formula is C12H20BNO2. The average Bonchev–Trinajstić information content (AvgIpc) is 2.37. The molecule has 88 valence electrons. The minimum Gasteiger partial charge on any atom is -0.400 e. The van der Waals surface area contributed by atoms with Crippen LogP contribution < -0.4 is 0 Å². The summed E-state index contributed by atoms with van der Waals surface area (Å²) in [4.78, 5) is 0. The summed E-state index contributed by atoms with van der Waals surface area (Å²) in [5, 5.41) is 7.58. The molecule has 0 unspecified atom stereocenters. The van der Waals surface area contributed by atoms with Crippen molar-refractivity contribution in [1.29, 1.82) is 5.41 Å². The number of rotatable bonds is 1. The van der Waals surface area contributed by atoms with E-state index in [0.717, 1.165) is 25.0 Å². The second kappa shape index (κ2) is 3.71. The molecule has 1 aliphatic carbocycles. The maximum absolute atomic E-state index is 7.58.